The number of hydrogen-bond acceptors (Lipinski definition) is 4. The summed E-state index contributed by atoms with van der Waals surface area (Å²) in [6.07, 6.45) is 3.63. The monoisotopic (exact) mass is 446 g/mol. The molecular weight excluding hydrogens is 416 g/mol. The number of carbonyl (C=O) groups is 2. The third-order valence-electron chi connectivity index (χ3n) is 6.97. The van der Waals surface area contributed by atoms with Crippen molar-refractivity contribution in [1.82, 2.24) is 14.5 Å². The Balaban J connectivity index is 1.47. The van der Waals surface area contributed by atoms with Gasteiger partial charge in [0.1, 0.15) is 18.1 Å². The van der Waals surface area contributed by atoms with Crippen molar-refractivity contribution >= 4 is 28.5 Å². The first-order valence-electron chi connectivity index (χ1n) is 11.7. The molecule has 33 heavy (non-hydrogen) atoms. The van der Waals surface area contributed by atoms with Gasteiger partial charge in [-0.15, -0.1) is 0 Å². The number of hydrogen-bond donors (Lipinski definition) is 0. The Morgan fingerprint density at radius 2 is 1.91 bits per heavy atom. The second kappa shape index (κ2) is 8.89. The van der Waals surface area contributed by atoms with E-state index in [2.05, 4.69) is 6.92 Å². The molecule has 172 valence electrons. The lowest BCUT2D eigenvalue weighted by molar-refractivity contribution is -0.135. The number of amides is 2. The summed E-state index contributed by atoms with van der Waals surface area (Å²) >= 11 is 0. The first kappa shape index (κ1) is 21.5. The van der Waals surface area contributed by atoms with Gasteiger partial charge in [-0.1, -0.05) is 24.3 Å². The minimum absolute atomic E-state index is 0.0408. The lowest BCUT2D eigenvalue weighted by Crippen LogP contribution is -2.43. The zero-order valence-corrected chi connectivity index (χ0v) is 19.2. The van der Waals surface area contributed by atoms with E-state index in [1.807, 2.05) is 58.0 Å². The maximum atomic E-state index is 13.3. The van der Waals surface area contributed by atoms with Gasteiger partial charge >= 0.3 is 0 Å². The first-order chi connectivity index (χ1) is 16.1. The molecule has 2 saturated heterocycles. The number of aromatic nitrogens is 2. The summed E-state index contributed by atoms with van der Waals surface area (Å²) < 4.78 is 7.51. The largest absolute Gasteiger partial charge is 0.495 e. The maximum absolute atomic E-state index is 13.3. The number of rotatable bonds is 5. The van der Waals surface area contributed by atoms with Gasteiger partial charge in [-0.05, 0) is 50.5 Å². The lowest BCUT2D eigenvalue weighted by atomic mass is 10.0. The van der Waals surface area contributed by atoms with Gasteiger partial charge < -0.3 is 19.1 Å². The predicted octanol–water partition coefficient (Wildman–Crippen LogP) is 3.97. The number of benzene rings is 2. The number of fused-ring (bicyclic) bond motifs is 1. The Kier molecular flexibility index (Phi) is 5.79. The van der Waals surface area contributed by atoms with Crippen molar-refractivity contribution in [2.45, 2.75) is 51.1 Å². The minimum atomic E-state index is -0.0959. The number of methoxy groups -OCH3 is 1. The Bertz CT molecular complexity index is 1190. The van der Waals surface area contributed by atoms with E-state index in [1.54, 1.807) is 12.0 Å². The van der Waals surface area contributed by atoms with Gasteiger partial charge in [-0.2, -0.15) is 0 Å². The fourth-order valence-electron chi connectivity index (χ4n) is 5.23. The number of carbonyl (C=O) groups excluding carboxylic acids is 2. The summed E-state index contributed by atoms with van der Waals surface area (Å²) in [6.45, 7) is 3.70. The smallest absolute Gasteiger partial charge is 0.242 e. The lowest BCUT2D eigenvalue weighted by Gasteiger charge is -2.33. The molecule has 2 fully saturated rings. The van der Waals surface area contributed by atoms with Crippen LogP contribution in [0.4, 0.5) is 5.69 Å². The van der Waals surface area contributed by atoms with E-state index in [4.69, 9.17) is 9.72 Å². The molecule has 0 spiro atoms. The zero-order valence-electron chi connectivity index (χ0n) is 19.2. The second-order valence-electron chi connectivity index (χ2n) is 9.05. The highest BCUT2D eigenvalue weighted by molar-refractivity contribution is 5.98. The molecule has 0 bridgehead atoms. The van der Waals surface area contributed by atoms with Crippen LogP contribution in [0.3, 0.4) is 0 Å². The highest BCUT2D eigenvalue weighted by Crippen LogP contribution is 2.37. The van der Waals surface area contributed by atoms with Crippen LogP contribution in [-0.2, 0) is 16.1 Å². The summed E-state index contributed by atoms with van der Waals surface area (Å²) in [5.41, 5.74) is 2.57. The van der Waals surface area contributed by atoms with Crippen molar-refractivity contribution in [1.29, 1.82) is 0 Å². The molecule has 2 unspecified atom stereocenters. The van der Waals surface area contributed by atoms with E-state index < -0.39 is 0 Å². The molecule has 7 heteroatoms. The van der Waals surface area contributed by atoms with Gasteiger partial charge in [0.15, 0.2) is 0 Å². The summed E-state index contributed by atoms with van der Waals surface area (Å²) in [4.78, 5) is 35.0. The molecule has 1 aromatic heterocycles. The zero-order chi connectivity index (χ0) is 22.9. The van der Waals surface area contributed by atoms with Crippen LogP contribution in [0.2, 0.25) is 0 Å². The van der Waals surface area contributed by atoms with Gasteiger partial charge in [-0.3, -0.25) is 9.59 Å². The van der Waals surface area contributed by atoms with Crippen LogP contribution in [0.25, 0.3) is 11.0 Å². The van der Waals surface area contributed by atoms with Gasteiger partial charge in [0, 0.05) is 31.5 Å². The van der Waals surface area contributed by atoms with Crippen molar-refractivity contribution in [2.24, 2.45) is 0 Å². The Morgan fingerprint density at radius 3 is 2.73 bits per heavy atom. The Hall–Kier alpha value is -3.35. The third kappa shape index (κ3) is 3.96. The van der Waals surface area contributed by atoms with Gasteiger partial charge in [0.05, 0.1) is 23.8 Å². The molecule has 2 atom stereocenters. The number of likely N-dealkylation sites (tertiary alicyclic amines) is 1. The van der Waals surface area contributed by atoms with Crippen LogP contribution in [0.15, 0.2) is 48.5 Å². The summed E-state index contributed by atoms with van der Waals surface area (Å²) in [6, 6.07) is 15.7. The van der Waals surface area contributed by atoms with E-state index in [1.165, 1.54) is 6.42 Å². The Morgan fingerprint density at radius 1 is 1.12 bits per heavy atom. The van der Waals surface area contributed by atoms with Crippen LogP contribution < -0.4 is 9.64 Å². The molecule has 2 aliphatic heterocycles. The summed E-state index contributed by atoms with van der Waals surface area (Å²) in [5.74, 6) is 1.55. The molecule has 0 N–H and O–H groups in total. The summed E-state index contributed by atoms with van der Waals surface area (Å²) in [5, 5.41) is 0. The van der Waals surface area contributed by atoms with E-state index in [-0.39, 0.29) is 30.3 Å². The SMILES string of the molecule is COc1ccccc1N1CC(c2nc3ccccc3n2CC(=O)N2CCCCC2C)CC1=O. The van der Waals surface area contributed by atoms with Crippen LogP contribution in [0.5, 0.6) is 5.75 Å². The molecular formula is C26H30N4O3. The molecule has 0 saturated carbocycles. The average Bonchev–Trinajstić information content (AvgIpc) is 3.39. The molecule has 3 aromatic rings. The van der Waals surface area contributed by atoms with Crippen molar-refractivity contribution in [3.05, 3.63) is 54.4 Å². The van der Waals surface area contributed by atoms with Gasteiger partial charge in [0.2, 0.25) is 11.8 Å². The van der Waals surface area contributed by atoms with Crippen LogP contribution in [-0.4, -0.2) is 52.5 Å². The number of ether oxygens (including phenoxy) is 1. The standard InChI is InChI=1S/C26H30N4O3/c1-18-9-7-8-14-28(18)25(32)17-30-21-11-4-3-10-20(21)27-26(30)19-15-24(31)29(16-19)22-12-5-6-13-23(22)33-2/h3-6,10-13,18-19H,7-9,14-17H2,1-2H3. The molecule has 2 aromatic carbocycles. The van der Waals surface area contributed by atoms with Crippen molar-refractivity contribution in [2.75, 3.05) is 25.1 Å². The minimum Gasteiger partial charge on any atom is -0.495 e. The fourth-order valence-corrected chi connectivity index (χ4v) is 5.23. The van der Waals surface area contributed by atoms with Crippen molar-refractivity contribution < 1.29 is 14.3 Å². The molecule has 5 rings (SSSR count). The topological polar surface area (TPSA) is 67.7 Å². The summed E-state index contributed by atoms with van der Waals surface area (Å²) in [7, 11) is 1.61. The number of anilines is 1. The first-order valence-corrected chi connectivity index (χ1v) is 11.7. The number of imidazole rings is 1. The molecule has 0 radical (unpaired) electrons. The molecule has 3 heterocycles. The molecule has 0 aliphatic carbocycles. The van der Waals surface area contributed by atoms with E-state index >= 15 is 0 Å². The highest BCUT2D eigenvalue weighted by atomic mass is 16.5. The second-order valence-corrected chi connectivity index (χ2v) is 9.05. The molecule has 7 nitrogen and oxygen atoms in total. The molecule has 2 amide bonds. The number of para-hydroxylation sites is 4. The predicted molar refractivity (Wildman–Crippen MR) is 127 cm³/mol. The Labute approximate surface area is 193 Å². The highest BCUT2D eigenvalue weighted by Gasteiger charge is 2.36. The quantitative estimate of drug-likeness (QED) is 0.595. The van der Waals surface area contributed by atoms with E-state index in [0.717, 1.165) is 41.9 Å². The van der Waals surface area contributed by atoms with E-state index in [0.29, 0.717) is 18.7 Å². The van der Waals surface area contributed by atoms with Gasteiger partial charge in [0.25, 0.3) is 0 Å². The van der Waals surface area contributed by atoms with Crippen LogP contribution in [0.1, 0.15) is 44.3 Å². The third-order valence-corrected chi connectivity index (χ3v) is 6.97. The van der Waals surface area contributed by atoms with Gasteiger partial charge in [-0.25, -0.2) is 4.98 Å². The number of piperidine rings is 1. The van der Waals surface area contributed by atoms with Crippen LogP contribution >= 0.6 is 0 Å². The van der Waals surface area contributed by atoms with Crippen molar-refractivity contribution in [3.63, 3.8) is 0 Å². The number of nitrogens with zero attached hydrogens (tertiary/aromatic N) is 4. The normalized spacial score (nSPS) is 21.1. The maximum Gasteiger partial charge on any atom is 0.242 e. The molecule has 2 aliphatic rings. The van der Waals surface area contributed by atoms with Crippen molar-refractivity contribution in [3.8, 4) is 5.75 Å². The average molecular weight is 447 g/mol. The van der Waals surface area contributed by atoms with Crippen LogP contribution in [0, 0.1) is 0 Å². The van der Waals surface area contributed by atoms with E-state index in [9.17, 15) is 9.59 Å². The fraction of sp³-hybridized carbons (Fsp3) is 0.423.